The van der Waals surface area contributed by atoms with Crippen LogP contribution in [0, 0.1) is 0 Å². The minimum absolute atomic E-state index is 0.573. The second kappa shape index (κ2) is 13.4. The molecule has 0 radical (unpaired) electrons. The van der Waals surface area contributed by atoms with E-state index in [2.05, 4.69) is 29.0 Å². The van der Waals surface area contributed by atoms with Crippen molar-refractivity contribution in [1.82, 2.24) is 0 Å². The van der Waals surface area contributed by atoms with Gasteiger partial charge in [-0.25, -0.2) is 0 Å². The predicted molar refractivity (Wildman–Crippen MR) is 115 cm³/mol. The molecule has 0 amide bonds. The molecule has 0 saturated heterocycles. The first-order valence-electron chi connectivity index (χ1n) is 9.31. The Kier molecular flexibility index (Phi) is 11.9. The molecule has 25 heavy (non-hydrogen) atoms. The van der Waals surface area contributed by atoms with Gasteiger partial charge in [0.25, 0.3) is 0 Å². The molecule has 144 valence electrons. The zero-order valence-corrected chi connectivity index (χ0v) is 17.0. The Morgan fingerprint density at radius 2 is 1.48 bits per heavy atom. The van der Waals surface area contributed by atoms with Crippen LogP contribution in [0.4, 0.5) is 17.1 Å². The summed E-state index contributed by atoms with van der Waals surface area (Å²) in [7, 11) is 2.11. The number of hydrogen-bond donors (Lipinski definition) is 2. The van der Waals surface area contributed by atoms with E-state index in [9.17, 15) is 0 Å². The highest BCUT2D eigenvalue weighted by Gasteiger charge is 2.10. The van der Waals surface area contributed by atoms with Gasteiger partial charge in [-0.3, -0.25) is 0 Å². The van der Waals surface area contributed by atoms with E-state index in [4.69, 9.17) is 34.7 Å². The second-order valence-electron chi connectivity index (χ2n) is 6.44. The maximum absolute atomic E-state index is 6.29. The average Bonchev–Trinajstić information content (AvgIpc) is 2.60. The molecule has 0 spiro atoms. The Labute approximate surface area is 163 Å². The van der Waals surface area contributed by atoms with Crippen LogP contribution in [-0.2, 0) is 0 Å². The van der Waals surface area contributed by atoms with Crippen LogP contribution in [0.1, 0.15) is 38.5 Å². The van der Waals surface area contributed by atoms with E-state index in [-0.39, 0.29) is 0 Å². The fourth-order valence-corrected chi connectivity index (χ4v) is 3.39. The fraction of sp³-hybridized carbons (Fsp3) is 0.684. The molecule has 1 aromatic carbocycles. The van der Waals surface area contributed by atoms with Crippen LogP contribution in [0.3, 0.4) is 0 Å². The molecule has 0 unspecified atom stereocenters. The van der Waals surface area contributed by atoms with Gasteiger partial charge in [-0.2, -0.15) is 0 Å². The second-order valence-corrected chi connectivity index (χ2v) is 7.20. The fourth-order valence-electron chi connectivity index (χ4n) is 2.98. The largest absolute Gasteiger partial charge is 0.397 e. The number of nitrogen functional groups attached to an aromatic ring is 1. The van der Waals surface area contributed by atoms with Gasteiger partial charge in [-0.15, -0.1) is 23.2 Å². The number of alkyl halides is 2. The molecule has 4 N–H and O–H groups in total. The molecular formula is C19H34Cl2N4. The molecule has 0 aliphatic heterocycles. The minimum atomic E-state index is 0.573. The third-order valence-electron chi connectivity index (χ3n) is 4.44. The minimum Gasteiger partial charge on any atom is -0.397 e. The Balaban J connectivity index is 2.49. The van der Waals surface area contributed by atoms with Gasteiger partial charge in [-0.1, -0.05) is 25.7 Å². The molecule has 0 aromatic heterocycles. The van der Waals surface area contributed by atoms with E-state index in [1.807, 2.05) is 6.07 Å². The third kappa shape index (κ3) is 8.39. The lowest BCUT2D eigenvalue weighted by Gasteiger charge is -2.26. The molecule has 0 bridgehead atoms. The highest BCUT2D eigenvalue weighted by atomic mass is 35.5. The molecular weight excluding hydrogens is 355 g/mol. The van der Waals surface area contributed by atoms with Crippen molar-refractivity contribution < 1.29 is 0 Å². The van der Waals surface area contributed by atoms with Gasteiger partial charge in [0.2, 0.25) is 0 Å². The average molecular weight is 389 g/mol. The summed E-state index contributed by atoms with van der Waals surface area (Å²) in [4.78, 5) is 4.41. The molecule has 0 aliphatic rings. The van der Waals surface area contributed by atoms with E-state index in [1.165, 1.54) is 32.1 Å². The van der Waals surface area contributed by atoms with E-state index < -0.39 is 0 Å². The van der Waals surface area contributed by atoms with E-state index >= 15 is 0 Å². The van der Waals surface area contributed by atoms with Crippen molar-refractivity contribution in [3.05, 3.63) is 18.2 Å². The van der Waals surface area contributed by atoms with Crippen LogP contribution < -0.4 is 21.3 Å². The van der Waals surface area contributed by atoms with Crippen molar-refractivity contribution in [2.45, 2.75) is 38.5 Å². The van der Waals surface area contributed by atoms with Crippen LogP contribution in [0.15, 0.2) is 18.2 Å². The van der Waals surface area contributed by atoms with Crippen LogP contribution >= 0.6 is 23.2 Å². The smallest absolute Gasteiger partial charge is 0.0598 e. The van der Waals surface area contributed by atoms with Crippen LogP contribution in [0.2, 0.25) is 0 Å². The number of halogens is 2. The lowest BCUT2D eigenvalue weighted by atomic mass is 10.1. The number of hydrogen-bond acceptors (Lipinski definition) is 4. The molecule has 0 saturated carbocycles. The van der Waals surface area contributed by atoms with Gasteiger partial charge in [0.1, 0.15) is 0 Å². The number of unbranched alkanes of at least 4 members (excludes halogenated alkanes) is 5. The highest BCUT2D eigenvalue weighted by molar-refractivity contribution is 6.18. The molecule has 4 nitrogen and oxygen atoms in total. The number of rotatable bonds is 14. The first-order valence-corrected chi connectivity index (χ1v) is 10.4. The summed E-state index contributed by atoms with van der Waals surface area (Å²) < 4.78 is 0. The quantitative estimate of drug-likeness (QED) is 0.283. The SMILES string of the molecule is CN(CCCCCCCCN)c1ccc(N(CCCl)CCCl)cc1N. The maximum Gasteiger partial charge on any atom is 0.0598 e. The van der Waals surface area contributed by atoms with Crippen molar-refractivity contribution in [1.29, 1.82) is 0 Å². The molecule has 0 aliphatic carbocycles. The summed E-state index contributed by atoms with van der Waals surface area (Å²) >= 11 is 11.8. The van der Waals surface area contributed by atoms with E-state index in [0.29, 0.717) is 11.8 Å². The molecule has 1 aromatic rings. The normalized spacial score (nSPS) is 10.9. The standard InChI is InChI=1S/C19H34Cl2N4/c1-24(13-7-5-3-2-4-6-12-22)19-9-8-17(16-18(19)23)25(14-10-20)15-11-21/h8-9,16H,2-7,10-15,22-23H2,1H3. The topological polar surface area (TPSA) is 58.5 Å². The van der Waals surface area contributed by atoms with Gasteiger partial charge in [0.15, 0.2) is 0 Å². The van der Waals surface area contributed by atoms with Gasteiger partial charge in [0, 0.05) is 44.1 Å². The van der Waals surface area contributed by atoms with Crippen LogP contribution in [-0.4, -0.2) is 45.0 Å². The summed E-state index contributed by atoms with van der Waals surface area (Å²) in [5.74, 6) is 1.15. The summed E-state index contributed by atoms with van der Waals surface area (Å²) in [5, 5.41) is 0. The van der Waals surface area contributed by atoms with Gasteiger partial charge >= 0.3 is 0 Å². The molecule has 0 heterocycles. The van der Waals surface area contributed by atoms with Crippen LogP contribution in [0.25, 0.3) is 0 Å². The summed E-state index contributed by atoms with van der Waals surface area (Å²) in [6, 6.07) is 6.23. The molecule has 1 rings (SSSR count). The monoisotopic (exact) mass is 388 g/mol. The summed E-state index contributed by atoms with van der Waals surface area (Å²) in [5.41, 5.74) is 14.8. The Morgan fingerprint density at radius 3 is 2.04 bits per heavy atom. The molecule has 0 fully saturated rings. The van der Waals surface area contributed by atoms with Gasteiger partial charge in [0.05, 0.1) is 11.4 Å². The summed E-state index contributed by atoms with van der Waals surface area (Å²) in [6.07, 6.45) is 7.41. The molecule has 6 heteroatoms. The van der Waals surface area contributed by atoms with Crippen molar-refractivity contribution in [3.8, 4) is 0 Å². The number of benzene rings is 1. The Hall–Kier alpha value is -0.840. The van der Waals surface area contributed by atoms with Crippen molar-refractivity contribution in [2.75, 3.05) is 60.5 Å². The first kappa shape index (κ1) is 22.2. The number of anilines is 3. The molecule has 0 atom stereocenters. The van der Waals surface area contributed by atoms with Gasteiger partial charge in [-0.05, 0) is 37.6 Å². The van der Waals surface area contributed by atoms with Gasteiger partial charge < -0.3 is 21.3 Å². The van der Waals surface area contributed by atoms with Crippen molar-refractivity contribution in [3.63, 3.8) is 0 Å². The Bertz CT molecular complexity index is 465. The van der Waals surface area contributed by atoms with E-state index in [0.717, 1.165) is 49.7 Å². The van der Waals surface area contributed by atoms with Crippen molar-refractivity contribution in [2.24, 2.45) is 5.73 Å². The number of nitrogens with two attached hydrogens (primary N) is 2. The lowest BCUT2D eigenvalue weighted by Crippen LogP contribution is -2.28. The maximum atomic E-state index is 6.29. The highest BCUT2D eigenvalue weighted by Crippen LogP contribution is 2.28. The summed E-state index contributed by atoms with van der Waals surface area (Å²) in [6.45, 7) is 3.37. The number of nitrogens with zero attached hydrogens (tertiary/aromatic N) is 2. The van der Waals surface area contributed by atoms with Crippen LogP contribution in [0.5, 0.6) is 0 Å². The zero-order chi connectivity index (χ0) is 18.5. The Morgan fingerprint density at radius 1 is 0.880 bits per heavy atom. The zero-order valence-electron chi connectivity index (χ0n) is 15.5. The predicted octanol–water partition coefficient (Wildman–Crippen LogP) is 4.29. The van der Waals surface area contributed by atoms with Crippen molar-refractivity contribution >= 4 is 40.3 Å². The lowest BCUT2D eigenvalue weighted by molar-refractivity contribution is 0.597. The first-order chi connectivity index (χ1) is 12.1. The third-order valence-corrected chi connectivity index (χ3v) is 4.78. The van der Waals surface area contributed by atoms with E-state index in [1.54, 1.807) is 0 Å².